The van der Waals surface area contributed by atoms with Crippen molar-refractivity contribution in [3.8, 4) is 0 Å². The molecule has 70 valence electrons. The maximum atomic E-state index is 10.7. The number of hydrogen-bond acceptors (Lipinski definition) is 2. The van der Waals surface area contributed by atoms with Crippen molar-refractivity contribution in [2.45, 2.75) is 26.2 Å². The predicted molar refractivity (Wildman–Crippen MR) is 55.7 cm³/mol. The zero-order valence-electron chi connectivity index (χ0n) is 8.35. The van der Waals surface area contributed by atoms with Gasteiger partial charge in [-0.05, 0) is 0 Å². The summed E-state index contributed by atoms with van der Waals surface area (Å²) in [5.74, 6) is 0. The van der Waals surface area contributed by atoms with Crippen LogP contribution in [0.25, 0.3) is 0 Å². The van der Waals surface area contributed by atoms with Gasteiger partial charge in [0.05, 0.1) is 0 Å². The summed E-state index contributed by atoms with van der Waals surface area (Å²) in [4.78, 5) is 12.6. The Hall–Kier alpha value is -0.136. The van der Waals surface area contributed by atoms with E-state index in [0.29, 0.717) is 0 Å². The highest BCUT2D eigenvalue weighted by molar-refractivity contribution is 6.92. The average molecular weight is 202 g/mol. The van der Waals surface area contributed by atoms with E-state index in [9.17, 15) is 4.79 Å². The predicted octanol–water partition coefficient (Wildman–Crippen LogP) is 0.537. The zero-order valence-corrected chi connectivity index (χ0v) is 10.3. The molecule has 3 nitrogen and oxygen atoms in total. The number of rotatable bonds is 1. The molecule has 1 aliphatic rings. The first-order valence-corrected chi connectivity index (χ1v) is 10.7. The largest absolute Gasteiger partial charge is 0.357 e. The van der Waals surface area contributed by atoms with Crippen LogP contribution in [0.15, 0.2) is 0 Å². The van der Waals surface area contributed by atoms with Crippen LogP contribution in [0, 0.1) is 0 Å². The Labute approximate surface area is 76.3 Å². The van der Waals surface area contributed by atoms with Crippen LogP contribution in [0.2, 0.25) is 26.2 Å². The third-order valence-electron chi connectivity index (χ3n) is 2.02. The highest BCUT2D eigenvalue weighted by Gasteiger charge is 2.38. The third kappa shape index (κ3) is 2.43. The lowest BCUT2D eigenvalue weighted by atomic mass is 11.0. The van der Waals surface area contributed by atoms with Crippen LogP contribution >= 0.6 is 0 Å². The van der Waals surface area contributed by atoms with Gasteiger partial charge in [0.1, 0.15) is 16.5 Å². The molecule has 1 fully saturated rings. The van der Waals surface area contributed by atoms with E-state index in [4.69, 9.17) is 0 Å². The molecule has 0 aliphatic carbocycles. The molecular formula is C7H18N2OSi2. The van der Waals surface area contributed by atoms with Gasteiger partial charge in [0.2, 0.25) is 6.41 Å². The second-order valence-electron chi connectivity index (χ2n) is 4.90. The number of nitrogens with one attached hydrogen (secondary N) is 1. The molecule has 0 aromatic rings. The summed E-state index contributed by atoms with van der Waals surface area (Å²) >= 11 is 0. The molecular weight excluding hydrogens is 184 g/mol. The van der Waals surface area contributed by atoms with Crippen molar-refractivity contribution in [2.75, 3.05) is 12.3 Å². The topological polar surface area (TPSA) is 32.3 Å². The standard InChI is InChI=1S/C7H18N2OSi2/c1-11(2)6-9(5-10)7-12(3,4)8-11/h5,8H,6-7H2,1-4H3. The van der Waals surface area contributed by atoms with E-state index >= 15 is 0 Å². The van der Waals surface area contributed by atoms with Crippen LogP contribution in [0.4, 0.5) is 0 Å². The summed E-state index contributed by atoms with van der Waals surface area (Å²) in [6.07, 6.45) is 2.93. The van der Waals surface area contributed by atoms with Gasteiger partial charge in [0, 0.05) is 12.3 Å². The average Bonchev–Trinajstić information content (AvgIpc) is 1.80. The van der Waals surface area contributed by atoms with Gasteiger partial charge >= 0.3 is 0 Å². The van der Waals surface area contributed by atoms with E-state index in [-0.39, 0.29) is 0 Å². The molecule has 1 N–H and O–H groups in total. The molecule has 0 aromatic carbocycles. The van der Waals surface area contributed by atoms with Gasteiger partial charge in [0.25, 0.3) is 0 Å². The van der Waals surface area contributed by atoms with Crippen molar-refractivity contribution in [3.63, 3.8) is 0 Å². The van der Waals surface area contributed by atoms with E-state index in [1.54, 1.807) is 0 Å². The van der Waals surface area contributed by atoms with E-state index in [0.717, 1.165) is 18.7 Å². The van der Waals surface area contributed by atoms with Crippen molar-refractivity contribution in [2.24, 2.45) is 0 Å². The quantitative estimate of drug-likeness (QED) is 0.497. The number of hydrogen-bond donors (Lipinski definition) is 1. The van der Waals surface area contributed by atoms with Crippen molar-refractivity contribution < 1.29 is 4.79 Å². The molecule has 0 spiro atoms. The summed E-state index contributed by atoms with van der Waals surface area (Å²) < 4.78 is 3.77. The van der Waals surface area contributed by atoms with E-state index in [1.807, 2.05) is 4.90 Å². The number of carbonyl (C=O) groups is 1. The summed E-state index contributed by atoms with van der Waals surface area (Å²) in [5, 5.41) is 0. The maximum absolute atomic E-state index is 10.7. The Balaban J connectivity index is 2.72. The highest BCUT2D eigenvalue weighted by atomic mass is 28.4. The van der Waals surface area contributed by atoms with Crippen molar-refractivity contribution in [3.05, 3.63) is 0 Å². The smallest absolute Gasteiger partial charge is 0.209 e. The third-order valence-corrected chi connectivity index (χ3v) is 9.83. The van der Waals surface area contributed by atoms with Crippen LogP contribution < -0.4 is 4.65 Å². The fourth-order valence-corrected chi connectivity index (χ4v) is 12.7. The van der Waals surface area contributed by atoms with Crippen molar-refractivity contribution in [1.82, 2.24) is 9.55 Å². The molecule has 1 rings (SSSR count). The Morgan fingerprint density at radius 3 is 1.92 bits per heavy atom. The molecule has 0 aromatic heterocycles. The van der Waals surface area contributed by atoms with Crippen LogP contribution in [-0.4, -0.2) is 40.1 Å². The van der Waals surface area contributed by atoms with Crippen LogP contribution in [0.1, 0.15) is 0 Å². The molecule has 1 aliphatic heterocycles. The first-order chi connectivity index (χ1) is 5.35. The Morgan fingerprint density at radius 1 is 1.17 bits per heavy atom. The van der Waals surface area contributed by atoms with Gasteiger partial charge < -0.3 is 9.55 Å². The molecule has 5 heteroatoms. The van der Waals surface area contributed by atoms with Crippen LogP contribution in [0.3, 0.4) is 0 Å². The van der Waals surface area contributed by atoms with Gasteiger partial charge in [-0.25, -0.2) is 0 Å². The minimum absolute atomic E-state index is 0.965. The van der Waals surface area contributed by atoms with Gasteiger partial charge in [-0.3, -0.25) is 4.79 Å². The molecule has 0 radical (unpaired) electrons. The lowest BCUT2D eigenvalue weighted by molar-refractivity contribution is -0.117. The van der Waals surface area contributed by atoms with Crippen LogP contribution in [-0.2, 0) is 4.79 Å². The fraction of sp³-hybridized carbons (Fsp3) is 0.857. The minimum atomic E-state index is -1.30. The highest BCUT2D eigenvalue weighted by Crippen LogP contribution is 2.13. The minimum Gasteiger partial charge on any atom is -0.357 e. The molecule has 0 saturated carbocycles. The normalized spacial score (nSPS) is 26.8. The number of carbonyl (C=O) groups excluding carboxylic acids is 1. The maximum Gasteiger partial charge on any atom is 0.209 e. The van der Waals surface area contributed by atoms with Gasteiger partial charge in [-0.15, -0.1) is 0 Å². The van der Waals surface area contributed by atoms with Crippen LogP contribution in [0.5, 0.6) is 0 Å². The summed E-state index contributed by atoms with van der Waals surface area (Å²) in [5.41, 5.74) is 0. The number of amides is 1. The summed E-state index contributed by atoms with van der Waals surface area (Å²) in [6, 6.07) is 0. The van der Waals surface area contributed by atoms with Crippen molar-refractivity contribution in [1.29, 1.82) is 0 Å². The first-order valence-electron chi connectivity index (χ1n) is 4.33. The second kappa shape index (κ2) is 2.97. The van der Waals surface area contributed by atoms with Crippen molar-refractivity contribution >= 4 is 22.9 Å². The Kier molecular flexibility index (Phi) is 2.46. The summed E-state index contributed by atoms with van der Waals surface area (Å²) in [7, 11) is -2.61. The molecule has 0 atom stereocenters. The first kappa shape index (κ1) is 9.95. The Bertz CT molecular complexity index is 178. The van der Waals surface area contributed by atoms with Gasteiger partial charge in [-0.2, -0.15) is 0 Å². The summed E-state index contributed by atoms with van der Waals surface area (Å²) in [6.45, 7) is 9.16. The van der Waals surface area contributed by atoms with E-state index in [2.05, 4.69) is 30.8 Å². The number of nitrogens with zero attached hydrogens (tertiary/aromatic N) is 1. The van der Waals surface area contributed by atoms with E-state index < -0.39 is 16.5 Å². The van der Waals surface area contributed by atoms with Gasteiger partial charge in [0.15, 0.2) is 0 Å². The molecule has 0 unspecified atom stereocenters. The Morgan fingerprint density at radius 2 is 1.58 bits per heavy atom. The molecule has 1 amide bonds. The molecule has 1 heterocycles. The van der Waals surface area contributed by atoms with E-state index in [1.165, 1.54) is 0 Å². The molecule has 1 saturated heterocycles. The molecule has 0 bridgehead atoms. The zero-order chi connectivity index (χ0) is 9.41. The SMILES string of the molecule is C[Si]1(C)CN(C=O)C[Si](C)(C)N1. The van der Waals surface area contributed by atoms with Gasteiger partial charge in [-0.1, -0.05) is 26.2 Å². The lowest BCUT2D eigenvalue weighted by Gasteiger charge is -2.44. The lowest BCUT2D eigenvalue weighted by Crippen LogP contribution is -2.72. The second-order valence-corrected chi connectivity index (χ2v) is 14.1. The monoisotopic (exact) mass is 202 g/mol. The molecule has 12 heavy (non-hydrogen) atoms. The fourth-order valence-electron chi connectivity index (χ4n) is 2.14.